The van der Waals surface area contributed by atoms with Crippen molar-refractivity contribution in [1.82, 2.24) is 4.98 Å². The molecule has 1 rings (SSSR count). The van der Waals surface area contributed by atoms with Crippen LogP contribution in [0.5, 0.6) is 0 Å². The van der Waals surface area contributed by atoms with Crippen LogP contribution in [-0.2, 0) is 4.74 Å². The number of Topliss-reactive ketones (excluding diaryl/α,β-unsaturated/α-hetero) is 1. The van der Waals surface area contributed by atoms with E-state index in [-0.39, 0.29) is 11.7 Å². The van der Waals surface area contributed by atoms with Gasteiger partial charge in [-0.15, -0.1) is 0 Å². The molecule has 0 aliphatic rings. The molecule has 0 atom stereocenters. The van der Waals surface area contributed by atoms with Gasteiger partial charge in [-0.3, -0.25) is 15.1 Å². The van der Waals surface area contributed by atoms with Crippen LogP contribution in [0.25, 0.3) is 0 Å². The predicted octanol–water partition coefficient (Wildman–Crippen LogP) is 3.27. The average molecular weight is 264 g/mol. The molecular formula is C14H20N2O3. The molecule has 5 nitrogen and oxygen atoms in total. The molecule has 0 unspecified atom stereocenters. The Morgan fingerprint density at radius 2 is 1.95 bits per heavy atom. The maximum Gasteiger partial charge on any atom is 0.412 e. The van der Waals surface area contributed by atoms with E-state index in [1.165, 1.54) is 12.4 Å². The molecule has 1 aromatic rings. The van der Waals surface area contributed by atoms with Crippen molar-refractivity contribution in [2.45, 2.75) is 40.2 Å². The van der Waals surface area contributed by atoms with Crippen LogP contribution in [0.15, 0.2) is 18.5 Å². The monoisotopic (exact) mass is 264 g/mol. The van der Waals surface area contributed by atoms with Crippen LogP contribution < -0.4 is 5.32 Å². The zero-order chi connectivity index (χ0) is 14.6. The topological polar surface area (TPSA) is 68.3 Å². The van der Waals surface area contributed by atoms with Gasteiger partial charge in [-0.25, -0.2) is 4.79 Å². The first-order valence-electron chi connectivity index (χ1n) is 6.19. The molecule has 1 N–H and O–H groups in total. The van der Waals surface area contributed by atoms with Crippen molar-refractivity contribution in [3.05, 3.63) is 24.0 Å². The van der Waals surface area contributed by atoms with Gasteiger partial charge in [0.25, 0.3) is 0 Å². The summed E-state index contributed by atoms with van der Waals surface area (Å²) in [5.41, 5.74) is 0.227. The van der Waals surface area contributed by atoms with Crippen molar-refractivity contribution in [1.29, 1.82) is 0 Å². The quantitative estimate of drug-likeness (QED) is 0.851. The molecule has 0 aliphatic heterocycles. The minimum absolute atomic E-state index is 0.0702. The molecule has 1 aromatic heterocycles. The lowest BCUT2D eigenvalue weighted by Crippen LogP contribution is -2.28. The molecule has 0 aliphatic carbocycles. The van der Waals surface area contributed by atoms with Crippen LogP contribution in [0.2, 0.25) is 0 Å². The Hall–Kier alpha value is -1.91. The van der Waals surface area contributed by atoms with Crippen LogP contribution >= 0.6 is 0 Å². The lowest BCUT2D eigenvalue weighted by molar-refractivity contribution is 0.0636. The number of anilines is 1. The number of amides is 1. The van der Waals surface area contributed by atoms with Gasteiger partial charge in [-0.2, -0.15) is 0 Å². The van der Waals surface area contributed by atoms with Gasteiger partial charge in [0.2, 0.25) is 0 Å². The Morgan fingerprint density at radius 3 is 2.47 bits per heavy atom. The number of ketones is 1. The van der Waals surface area contributed by atoms with Crippen LogP contribution in [0, 0.1) is 5.92 Å². The van der Waals surface area contributed by atoms with Gasteiger partial charge in [0.15, 0.2) is 5.78 Å². The summed E-state index contributed by atoms with van der Waals surface area (Å²) in [6, 6.07) is 1.58. The summed E-state index contributed by atoms with van der Waals surface area (Å²) in [6.07, 6.45) is 2.38. The van der Waals surface area contributed by atoms with Gasteiger partial charge in [-0.1, -0.05) is 13.8 Å². The molecule has 0 fully saturated rings. The fourth-order valence-electron chi connectivity index (χ4n) is 1.42. The first kappa shape index (κ1) is 15.1. The number of hydrogen-bond donors (Lipinski definition) is 1. The number of aromatic nitrogens is 1. The standard InChI is InChI=1S/C14H20N2O3/c1-9(2)12(17)10-8-15-7-6-11(10)16-13(18)19-14(3,4)5/h6-9H,1-5H3,(H,15,16,18). The minimum Gasteiger partial charge on any atom is -0.444 e. The van der Waals surface area contributed by atoms with Crippen LogP contribution in [0.3, 0.4) is 0 Å². The van der Waals surface area contributed by atoms with Crippen LogP contribution in [-0.4, -0.2) is 22.5 Å². The van der Waals surface area contributed by atoms with E-state index in [0.29, 0.717) is 11.3 Å². The number of rotatable bonds is 3. The molecular weight excluding hydrogens is 244 g/mol. The fourth-order valence-corrected chi connectivity index (χ4v) is 1.42. The van der Waals surface area contributed by atoms with Crippen molar-refractivity contribution >= 4 is 17.6 Å². The molecule has 104 valence electrons. The van der Waals surface area contributed by atoms with E-state index in [2.05, 4.69) is 10.3 Å². The second kappa shape index (κ2) is 5.82. The molecule has 5 heteroatoms. The highest BCUT2D eigenvalue weighted by Crippen LogP contribution is 2.19. The van der Waals surface area contributed by atoms with Crippen LogP contribution in [0.1, 0.15) is 45.0 Å². The summed E-state index contributed by atoms with van der Waals surface area (Å²) in [5, 5.41) is 2.58. The maximum atomic E-state index is 12.0. The van der Waals surface area contributed by atoms with Gasteiger partial charge < -0.3 is 4.74 Å². The largest absolute Gasteiger partial charge is 0.444 e. The van der Waals surface area contributed by atoms with E-state index in [4.69, 9.17) is 4.74 Å². The third-order valence-corrected chi connectivity index (χ3v) is 2.25. The number of hydrogen-bond acceptors (Lipinski definition) is 4. The van der Waals surface area contributed by atoms with E-state index in [1.54, 1.807) is 40.7 Å². The Bertz CT molecular complexity index is 476. The third kappa shape index (κ3) is 4.69. The molecule has 1 heterocycles. The highest BCUT2D eigenvalue weighted by atomic mass is 16.6. The fraction of sp³-hybridized carbons (Fsp3) is 0.500. The molecule has 0 bridgehead atoms. The Balaban J connectivity index is 2.90. The van der Waals surface area contributed by atoms with E-state index in [0.717, 1.165) is 0 Å². The summed E-state index contributed by atoms with van der Waals surface area (Å²) in [6.45, 7) is 8.93. The Kier molecular flexibility index (Phi) is 4.64. The Labute approximate surface area is 113 Å². The van der Waals surface area contributed by atoms with E-state index < -0.39 is 11.7 Å². The summed E-state index contributed by atoms with van der Waals surface area (Å²) in [4.78, 5) is 27.6. The highest BCUT2D eigenvalue weighted by Gasteiger charge is 2.20. The van der Waals surface area contributed by atoms with Gasteiger partial charge >= 0.3 is 6.09 Å². The lowest BCUT2D eigenvalue weighted by Gasteiger charge is -2.20. The number of carbonyl (C=O) groups is 2. The SMILES string of the molecule is CC(C)C(=O)c1cnccc1NC(=O)OC(C)(C)C. The summed E-state index contributed by atoms with van der Waals surface area (Å²) < 4.78 is 5.16. The molecule has 0 spiro atoms. The second-order valence-corrected chi connectivity index (χ2v) is 5.57. The van der Waals surface area contributed by atoms with Crippen molar-refractivity contribution in [2.75, 3.05) is 5.32 Å². The number of nitrogens with zero attached hydrogens (tertiary/aromatic N) is 1. The third-order valence-electron chi connectivity index (χ3n) is 2.25. The molecule has 0 saturated carbocycles. The predicted molar refractivity (Wildman–Crippen MR) is 73.3 cm³/mol. The van der Waals surface area contributed by atoms with Crippen molar-refractivity contribution in [3.8, 4) is 0 Å². The smallest absolute Gasteiger partial charge is 0.412 e. The summed E-state index contributed by atoms with van der Waals surface area (Å²) in [7, 11) is 0. The van der Waals surface area contributed by atoms with E-state index in [9.17, 15) is 9.59 Å². The number of pyridine rings is 1. The molecule has 0 aromatic carbocycles. The normalized spacial score (nSPS) is 11.3. The van der Waals surface area contributed by atoms with Crippen LogP contribution in [0.4, 0.5) is 10.5 Å². The van der Waals surface area contributed by atoms with Gasteiger partial charge in [0.1, 0.15) is 5.60 Å². The zero-order valence-electron chi connectivity index (χ0n) is 12.0. The average Bonchev–Trinajstić information content (AvgIpc) is 2.26. The summed E-state index contributed by atoms with van der Waals surface area (Å²) >= 11 is 0. The minimum atomic E-state index is -0.587. The number of carbonyl (C=O) groups excluding carboxylic acids is 2. The van der Waals surface area contributed by atoms with Crippen molar-refractivity contribution in [2.24, 2.45) is 5.92 Å². The molecule has 0 saturated heterocycles. The number of nitrogens with one attached hydrogen (secondary N) is 1. The summed E-state index contributed by atoms with van der Waals surface area (Å²) in [5.74, 6) is -0.234. The van der Waals surface area contributed by atoms with Crippen molar-refractivity contribution < 1.29 is 14.3 Å². The highest BCUT2D eigenvalue weighted by molar-refractivity contribution is 6.04. The molecule has 1 amide bonds. The lowest BCUT2D eigenvalue weighted by atomic mass is 10.0. The van der Waals surface area contributed by atoms with Gasteiger partial charge in [0.05, 0.1) is 11.3 Å². The van der Waals surface area contributed by atoms with E-state index >= 15 is 0 Å². The first-order valence-corrected chi connectivity index (χ1v) is 6.19. The van der Waals surface area contributed by atoms with Gasteiger partial charge in [-0.05, 0) is 26.8 Å². The Morgan fingerprint density at radius 1 is 1.32 bits per heavy atom. The second-order valence-electron chi connectivity index (χ2n) is 5.57. The van der Waals surface area contributed by atoms with E-state index in [1.807, 2.05) is 0 Å². The molecule has 19 heavy (non-hydrogen) atoms. The van der Waals surface area contributed by atoms with Crippen molar-refractivity contribution in [3.63, 3.8) is 0 Å². The van der Waals surface area contributed by atoms with Gasteiger partial charge in [0, 0.05) is 18.3 Å². The zero-order valence-corrected chi connectivity index (χ0v) is 12.0. The first-order chi connectivity index (χ1) is 8.70. The molecule has 0 radical (unpaired) electrons. The maximum absolute atomic E-state index is 12.0. The number of ether oxygens (including phenoxy) is 1.